The van der Waals surface area contributed by atoms with Crippen LogP contribution in [0.3, 0.4) is 0 Å². The molecule has 1 aliphatic rings. The van der Waals surface area contributed by atoms with Crippen LogP contribution in [0, 0.1) is 0 Å². The standard InChI is InChI=1S/C18H17F3N2O3/c19-18(20,21)26-16-8-4-2-6-14(16)22-11-17(24)23-13-9-10-25-15-7-3-1-5-12(13)15/h1-8,13,22H,9-11H2,(H,23,24). The van der Waals surface area contributed by atoms with Crippen LogP contribution in [0.5, 0.6) is 11.5 Å². The molecule has 1 unspecified atom stereocenters. The predicted octanol–water partition coefficient (Wildman–Crippen LogP) is 3.64. The number of carbonyl (C=O) groups excluding carboxylic acids is 1. The van der Waals surface area contributed by atoms with E-state index in [0.717, 1.165) is 11.3 Å². The van der Waals surface area contributed by atoms with E-state index < -0.39 is 6.36 Å². The van der Waals surface area contributed by atoms with Crippen molar-refractivity contribution < 1.29 is 27.4 Å². The monoisotopic (exact) mass is 366 g/mol. The first kappa shape index (κ1) is 17.9. The molecule has 0 bridgehead atoms. The topological polar surface area (TPSA) is 59.6 Å². The number of hydrogen-bond acceptors (Lipinski definition) is 4. The second kappa shape index (κ2) is 7.55. The molecule has 1 aliphatic heterocycles. The number of para-hydroxylation sites is 3. The Balaban J connectivity index is 1.61. The van der Waals surface area contributed by atoms with E-state index in [-0.39, 0.29) is 29.9 Å². The van der Waals surface area contributed by atoms with Crippen molar-refractivity contribution in [1.29, 1.82) is 0 Å². The maximum Gasteiger partial charge on any atom is 0.573 e. The zero-order valence-electron chi connectivity index (χ0n) is 13.7. The quantitative estimate of drug-likeness (QED) is 0.848. The molecule has 0 saturated heterocycles. The molecule has 0 radical (unpaired) electrons. The number of benzene rings is 2. The van der Waals surface area contributed by atoms with E-state index in [1.807, 2.05) is 24.3 Å². The van der Waals surface area contributed by atoms with E-state index in [2.05, 4.69) is 15.4 Å². The Hall–Kier alpha value is -2.90. The van der Waals surface area contributed by atoms with E-state index >= 15 is 0 Å². The summed E-state index contributed by atoms with van der Waals surface area (Å²) in [7, 11) is 0. The Labute approximate surface area is 148 Å². The highest BCUT2D eigenvalue weighted by atomic mass is 19.4. The van der Waals surface area contributed by atoms with Crippen LogP contribution in [-0.4, -0.2) is 25.4 Å². The van der Waals surface area contributed by atoms with Crippen LogP contribution >= 0.6 is 0 Å². The summed E-state index contributed by atoms with van der Waals surface area (Å²) < 4.78 is 46.8. The SMILES string of the molecule is O=C(CNc1ccccc1OC(F)(F)F)NC1CCOc2ccccc21. The highest BCUT2D eigenvalue weighted by Gasteiger charge is 2.32. The zero-order chi connectivity index (χ0) is 18.6. The van der Waals surface area contributed by atoms with Gasteiger partial charge in [-0.1, -0.05) is 30.3 Å². The summed E-state index contributed by atoms with van der Waals surface area (Å²) in [6.45, 7) is 0.301. The Morgan fingerprint density at radius 1 is 1.15 bits per heavy atom. The first-order chi connectivity index (χ1) is 12.4. The summed E-state index contributed by atoms with van der Waals surface area (Å²) in [6, 6.07) is 12.8. The Morgan fingerprint density at radius 2 is 1.88 bits per heavy atom. The summed E-state index contributed by atoms with van der Waals surface area (Å²) in [6.07, 6.45) is -4.18. The maximum atomic E-state index is 12.4. The highest BCUT2D eigenvalue weighted by Crippen LogP contribution is 2.32. The molecule has 5 nitrogen and oxygen atoms in total. The third-order valence-electron chi connectivity index (χ3n) is 3.85. The molecular weight excluding hydrogens is 349 g/mol. The molecule has 0 aliphatic carbocycles. The molecule has 1 amide bonds. The highest BCUT2D eigenvalue weighted by molar-refractivity contribution is 5.81. The molecule has 2 aromatic carbocycles. The number of alkyl halides is 3. The molecule has 0 fully saturated rings. The minimum Gasteiger partial charge on any atom is -0.493 e. The van der Waals surface area contributed by atoms with Gasteiger partial charge in [-0.2, -0.15) is 0 Å². The van der Waals surface area contributed by atoms with Gasteiger partial charge in [0, 0.05) is 12.0 Å². The Morgan fingerprint density at radius 3 is 2.69 bits per heavy atom. The lowest BCUT2D eigenvalue weighted by Crippen LogP contribution is -2.35. The Bertz CT molecular complexity index is 780. The smallest absolute Gasteiger partial charge is 0.493 e. The number of halogens is 3. The third kappa shape index (κ3) is 4.59. The van der Waals surface area contributed by atoms with Gasteiger partial charge >= 0.3 is 6.36 Å². The van der Waals surface area contributed by atoms with Crippen LogP contribution in [0.1, 0.15) is 18.0 Å². The minimum atomic E-state index is -4.80. The van der Waals surface area contributed by atoms with Crippen molar-refractivity contribution in [1.82, 2.24) is 5.32 Å². The van der Waals surface area contributed by atoms with Gasteiger partial charge in [0.2, 0.25) is 5.91 Å². The number of ether oxygens (including phenoxy) is 2. The first-order valence-corrected chi connectivity index (χ1v) is 8.02. The van der Waals surface area contributed by atoms with Crippen molar-refractivity contribution in [2.45, 2.75) is 18.8 Å². The van der Waals surface area contributed by atoms with Gasteiger partial charge in [0.1, 0.15) is 5.75 Å². The fourth-order valence-corrected chi connectivity index (χ4v) is 2.74. The third-order valence-corrected chi connectivity index (χ3v) is 3.85. The van der Waals surface area contributed by atoms with Crippen molar-refractivity contribution >= 4 is 11.6 Å². The largest absolute Gasteiger partial charge is 0.573 e. The normalized spacial score (nSPS) is 16.2. The number of hydrogen-bond donors (Lipinski definition) is 2. The van der Waals surface area contributed by atoms with Crippen molar-refractivity contribution in [3.05, 3.63) is 54.1 Å². The van der Waals surface area contributed by atoms with Crippen LogP contribution in [0.4, 0.5) is 18.9 Å². The molecule has 1 heterocycles. The van der Waals surface area contributed by atoms with Crippen LogP contribution in [0.2, 0.25) is 0 Å². The average molecular weight is 366 g/mol. The van der Waals surface area contributed by atoms with E-state index in [4.69, 9.17) is 4.74 Å². The van der Waals surface area contributed by atoms with Crippen LogP contribution in [0.15, 0.2) is 48.5 Å². The van der Waals surface area contributed by atoms with Gasteiger partial charge in [-0.05, 0) is 18.2 Å². The van der Waals surface area contributed by atoms with Crippen molar-refractivity contribution in [3.63, 3.8) is 0 Å². The number of fused-ring (bicyclic) bond motifs is 1. The van der Waals surface area contributed by atoms with Gasteiger partial charge in [-0.3, -0.25) is 4.79 Å². The predicted molar refractivity (Wildman–Crippen MR) is 89.1 cm³/mol. The summed E-state index contributed by atoms with van der Waals surface area (Å²) >= 11 is 0. The molecule has 26 heavy (non-hydrogen) atoms. The minimum absolute atomic E-state index is 0.0901. The van der Waals surface area contributed by atoms with Gasteiger partial charge in [0.25, 0.3) is 0 Å². The molecule has 0 spiro atoms. The molecule has 2 aromatic rings. The van der Waals surface area contributed by atoms with E-state index in [9.17, 15) is 18.0 Å². The second-order valence-corrected chi connectivity index (χ2v) is 5.69. The molecule has 0 aromatic heterocycles. The molecule has 2 N–H and O–H groups in total. The number of nitrogens with one attached hydrogen (secondary N) is 2. The van der Waals surface area contributed by atoms with Crippen molar-refractivity contribution in [3.8, 4) is 11.5 Å². The fraction of sp³-hybridized carbons (Fsp3) is 0.278. The lowest BCUT2D eigenvalue weighted by atomic mass is 10.0. The second-order valence-electron chi connectivity index (χ2n) is 5.69. The van der Waals surface area contributed by atoms with Gasteiger partial charge in [-0.25, -0.2) is 0 Å². The molecule has 1 atom stereocenters. The summed E-state index contributed by atoms with van der Waals surface area (Å²) in [5, 5.41) is 5.55. The van der Waals surface area contributed by atoms with Gasteiger partial charge < -0.3 is 20.1 Å². The molecule has 8 heteroatoms. The van der Waals surface area contributed by atoms with Crippen molar-refractivity contribution in [2.75, 3.05) is 18.5 Å². The van der Waals surface area contributed by atoms with Gasteiger partial charge in [0.15, 0.2) is 5.75 Å². The van der Waals surface area contributed by atoms with Gasteiger partial charge in [0.05, 0.1) is 24.9 Å². The van der Waals surface area contributed by atoms with Crippen LogP contribution < -0.4 is 20.1 Å². The van der Waals surface area contributed by atoms with Crippen molar-refractivity contribution in [2.24, 2.45) is 0 Å². The molecule has 3 rings (SSSR count). The number of carbonyl (C=O) groups is 1. The lowest BCUT2D eigenvalue weighted by Gasteiger charge is -2.26. The van der Waals surface area contributed by atoms with Crippen LogP contribution in [0.25, 0.3) is 0 Å². The summed E-state index contributed by atoms with van der Waals surface area (Å²) in [4.78, 5) is 12.2. The van der Waals surface area contributed by atoms with Crippen LogP contribution in [-0.2, 0) is 4.79 Å². The lowest BCUT2D eigenvalue weighted by molar-refractivity contribution is -0.274. The summed E-state index contributed by atoms with van der Waals surface area (Å²) in [5.74, 6) is -0.00124. The number of amides is 1. The fourth-order valence-electron chi connectivity index (χ4n) is 2.74. The maximum absolute atomic E-state index is 12.4. The summed E-state index contributed by atoms with van der Waals surface area (Å²) in [5.41, 5.74) is 0.972. The van der Waals surface area contributed by atoms with Gasteiger partial charge in [-0.15, -0.1) is 13.2 Å². The zero-order valence-corrected chi connectivity index (χ0v) is 13.7. The van der Waals surface area contributed by atoms with E-state index in [1.54, 1.807) is 6.07 Å². The molecular formula is C18H17F3N2O3. The molecule has 138 valence electrons. The average Bonchev–Trinajstić information content (AvgIpc) is 2.60. The number of rotatable bonds is 5. The Kier molecular flexibility index (Phi) is 5.20. The molecule has 0 saturated carbocycles. The number of anilines is 1. The first-order valence-electron chi connectivity index (χ1n) is 8.02. The van der Waals surface area contributed by atoms with E-state index in [0.29, 0.717) is 13.0 Å². The van der Waals surface area contributed by atoms with E-state index in [1.165, 1.54) is 18.2 Å².